The molecule has 0 unspecified atom stereocenters. The van der Waals surface area contributed by atoms with E-state index in [1.165, 1.54) is 64.7 Å². The molecule has 2 heteroatoms. The summed E-state index contributed by atoms with van der Waals surface area (Å²) in [6.07, 6.45) is 2.35. The van der Waals surface area contributed by atoms with Crippen LogP contribution in [0, 0.1) is 6.92 Å². The summed E-state index contributed by atoms with van der Waals surface area (Å²) in [4.78, 5) is 0. The SMILES string of the molecule is C/C(=C/c1cccc2sc3ccccc3c12)c1ccccc1-c1cc(-c2cccc(Br)c2)ccc1C. The maximum absolute atomic E-state index is 3.62. The van der Waals surface area contributed by atoms with Crippen molar-refractivity contribution in [2.24, 2.45) is 0 Å². The molecular formula is C34H25BrS. The molecule has 0 nitrogen and oxygen atoms in total. The number of halogens is 1. The van der Waals surface area contributed by atoms with Crippen LogP contribution in [0.15, 0.2) is 114 Å². The maximum atomic E-state index is 3.62. The van der Waals surface area contributed by atoms with E-state index in [0.29, 0.717) is 0 Å². The van der Waals surface area contributed by atoms with Gasteiger partial charge in [-0.3, -0.25) is 0 Å². The number of thiophene rings is 1. The summed E-state index contributed by atoms with van der Waals surface area (Å²) in [6.45, 7) is 4.44. The van der Waals surface area contributed by atoms with Crippen LogP contribution in [0.3, 0.4) is 0 Å². The Bertz CT molecular complexity index is 1770. The minimum atomic E-state index is 1.09. The van der Waals surface area contributed by atoms with E-state index < -0.39 is 0 Å². The van der Waals surface area contributed by atoms with Crippen molar-refractivity contribution in [2.45, 2.75) is 13.8 Å². The number of allylic oxidation sites excluding steroid dienone is 1. The Morgan fingerprint density at radius 2 is 1.44 bits per heavy atom. The lowest BCUT2D eigenvalue weighted by Gasteiger charge is -2.15. The Balaban J connectivity index is 1.49. The smallest absolute Gasteiger partial charge is 0.0361 e. The van der Waals surface area contributed by atoms with Gasteiger partial charge >= 0.3 is 0 Å². The number of aryl methyl sites for hydroxylation is 1. The first-order valence-corrected chi connectivity index (χ1v) is 13.7. The van der Waals surface area contributed by atoms with Gasteiger partial charge in [-0.1, -0.05) is 101 Å². The molecule has 0 fully saturated rings. The lowest BCUT2D eigenvalue weighted by atomic mass is 9.89. The zero-order chi connectivity index (χ0) is 24.6. The molecule has 0 spiro atoms. The molecule has 6 rings (SSSR count). The van der Waals surface area contributed by atoms with Gasteiger partial charge in [0.1, 0.15) is 0 Å². The van der Waals surface area contributed by atoms with Gasteiger partial charge in [0.05, 0.1) is 0 Å². The Morgan fingerprint density at radius 1 is 0.694 bits per heavy atom. The predicted octanol–water partition coefficient (Wildman–Crippen LogP) is 11.0. The Hall–Kier alpha value is -3.46. The first kappa shape index (κ1) is 23.0. The average Bonchev–Trinajstić information content (AvgIpc) is 3.29. The monoisotopic (exact) mass is 544 g/mol. The number of fused-ring (bicyclic) bond motifs is 3. The van der Waals surface area contributed by atoms with E-state index in [4.69, 9.17) is 0 Å². The van der Waals surface area contributed by atoms with Crippen LogP contribution in [0.1, 0.15) is 23.6 Å². The Labute approximate surface area is 224 Å². The van der Waals surface area contributed by atoms with Gasteiger partial charge in [0.15, 0.2) is 0 Å². The fourth-order valence-electron chi connectivity index (χ4n) is 5.05. The predicted molar refractivity (Wildman–Crippen MR) is 163 cm³/mol. The van der Waals surface area contributed by atoms with Crippen LogP contribution in [0.5, 0.6) is 0 Å². The summed E-state index contributed by atoms with van der Waals surface area (Å²) < 4.78 is 3.77. The third-order valence-corrected chi connectivity index (χ3v) is 8.47. The molecule has 0 aliphatic heterocycles. The summed E-state index contributed by atoms with van der Waals surface area (Å²) in [7, 11) is 0. The van der Waals surface area contributed by atoms with Crippen LogP contribution >= 0.6 is 27.3 Å². The van der Waals surface area contributed by atoms with Gasteiger partial charge in [-0.25, -0.2) is 0 Å². The molecule has 0 N–H and O–H groups in total. The number of hydrogen-bond acceptors (Lipinski definition) is 1. The molecular weight excluding hydrogens is 520 g/mol. The summed E-state index contributed by atoms with van der Waals surface area (Å²) in [5.41, 5.74) is 10.1. The van der Waals surface area contributed by atoms with Crippen molar-refractivity contribution in [3.05, 3.63) is 130 Å². The summed E-state index contributed by atoms with van der Waals surface area (Å²) in [6, 6.07) is 39.4. The van der Waals surface area contributed by atoms with Crippen LogP contribution in [-0.2, 0) is 0 Å². The lowest BCUT2D eigenvalue weighted by molar-refractivity contribution is 1.44. The van der Waals surface area contributed by atoms with Crippen LogP contribution < -0.4 is 0 Å². The molecule has 0 bridgehead atoms. The second-order valence-electron chi connectivity index (χ2n) is 9.23. The molecule has 5 aromatic carbocycles. The van der Waals surface area contributed by atoms with Gasteiger partial charge in [0.2, 0.25) is 0 Å². The van der Waals surface area contributed by atoms with Crippen molar-refractivity contribution >= 4 is 59.1 Å². The van der Waals surface area contributed by atoms with Gasteiger partial charge in [-0.15, -0.1) is 11.3 Å². The van der Waals surface area contributed by atoms with Gasteiger partial charge in [-0.2, -0.15) is 0 Å². The molecule has 0 aliphatic rings. The van der Waals surface area contributed by atoms with Gasteiger partial charge in [0, 0.05) is 24.6 Å². The van der Waals surface area contributed by atoms with E-state index in [9.17, 15) is 0 Å². The van der Waals surface area contributed by atoms with E-state index in [1.807, 2.05) is 11.3 Å². The zero-order valence-electron chi connectivity index (χ0n) is 20.3. The zero-order valence-corrected chi connectivity index (χ0v) is 22.7. The fraction of sp³-hybridized carbons (Fsp3) is 0.0588. The van der Waals surface area contributed by atoms with E-state index >= 15 is 0 Å². The molecule has 0 atom stereocenters. The van der Waals surface area contributed by atoms with Gasteiger partial charge in [0.25, 0.3) is 0 Å². The summed E-state index contributed by atoms with van der Waals surface area (Å²) in [5, 5.41) is 2.69. The first-order chi connectivity index (χ1) is 17.6. The van der Waals surface area contributed by atoms with E-state index in [2.05, 4.69) is 145 Å². The second-order valence-corrected chi connectivity index (χ2v) is 11.2. The topological polar surface area (TPSA) is 0 Å². The highest BCUT2D eigenvalue weighted by molar-refractivity contribution is 9.10. The van der Waals surface area contributed by atoms with Crippen molar-refractivity contribution in [1.29, 1.82) is 0 Å². The van der Waals surface area contributed by atoms with Gasteiger partial charge < -0.3 is 0 Å². The Morgan fingerprint density at radius 3 is 2.33 bits per heavy atom. The molecule has 0 aliphatic carbocycles. The third-order valence-electron chi connectivity index (χ3n) is 6.84. The Kier molecular flexibility index (Phi) is 6.08. The number of hydrogen-bond donors (Lipinski definition) is 0. The molecule has 0 radical (unpaired) electrons. The molecule has 1 aromatic heterocycles. The average molecular weight is 546 g/mol. The largest absolute Gasteiger partial charge is 0.135 e. The highest BCUT2D eigenvalue weighted by atomic mass is 79.9. The van der Waals surface area contributed by atoms with Crippen molar-refractivity contribution < 1.29 is 0 Å². The molecule has 1 heterocycles. The second kappa shape index (κ2) is 9.54. The quantitative estimate of drug-likeness (QED) is 0.193. The molecule has 0 saturated heterocycles. The summed E-state index contributed by atoms with van der Waals surface area (Å²) >= 11 is 5.49. The molecule has 0 amide bonds. The van der Waals surface area contributed by atoms with Crippen molar-refractivity contribution in [1.82, 2.24) is 0 Å². The van der Waals surface area contributed by atoms with Crippen LogP contribution in [-0.4, -0.2) is 0 Å². The fourth-order valence-corrected chi connectivity index (χ4v) is 6.59. The van der Waals surface area contributed by atoms with E-state index in [0.717, 1.165) is 4.47 Å². The van der Waals surface area contributed by atoms with Crippen LogP contribution in [0.25, 0.3) is 54.1 Å². The van der Waals surface area contributed by atoms with Gasteiger partial charge in [-0.05, 0) is 88.7 Å². The number of rotatable bonds is 4. The minimum Gasteiger partial charge on any atom is -0.135 e. The van der Waals surface area contributed by atoms with E-state index in [1.54, 1.807) is 0 Å². The molecule has 6 aromatic rings. The molecule has 0 saturated carbocycles. The maximum Gasteiger partial charge on any atom is 0.0361 e. The van der Waals surface area contributed by atoms with Crippen LogP contribution in [0.4, 0.5) is 0 Å². The van der Waals surface area contributed by atoms with Crippen molar-refractivity contribution in [3.8, 4) is 22.3 Å². The van der Waals surface area contributed by atoms with Crippen LogP contribution in [0.2, 0.25) is 0 Å². The highest BCUT2D eigenvalue weighted by Crippen LogP contribution is 2.39. The first-order valence-electron chi connectivity index (χ1n) is 12.1. The number of benzene rings is 5. The van der Waals surface area contributed by atoms with Crippen molar-refractivity contribution in [2.75, 3.05) is 0 Å². The van der Waals surface area contributed by atoms with E-state index in [-0.39, 0.29) is 0 Å². The summed E-state index contributed by atoms with van der Waals surface area (Å²) in [5.74, 6) is 0. The minimum absolute atomic E-state index is 1.09. The third kappa shape index (κ3) is 4.21. The lowest BCUT2D eigenvalue weighted by Crippen LogP contribution is -1.91. The molecule has 174 valence electrons. The standard InChI is InChI=1S/C34H25BrS/c1-22-17-18-25(24-9-7-11-27(35)20-24)21-31(22)29-13-4-3-12-28(29)23(2)19-26-10-8-16-33-34(26)30-14-5-6-15-32(30)36-33/h3-21H,1-2H3/b23-19-. The normalized spacial score (nSPS) is 11.9. The van der Waals surface area contributed by atoms with Crippen molar-refractivity contribution in [3.63, 3.8) is 0 Å². The molecule has 36 heavy (non-hydrogen) atoms. The highest BCUT2D eigenvalue weighted by Gasteiger charge is 2.12.